The average molecular weight is 473 g/mol. The van der Waals surface area contributed by atoms with Crippen LogP contribution < -0.4 is 14.4 Å². The summed E-state index contributed by atoms with van der Waals surface area (Å²) >= 11 is 0. The lowest BCUT2D eigenvalue weighted by molar-refractivity contribution is -0.141. The molecule has 2 saturated heterocycles. The number of amides is 1. The maximum absolute atomic E-state index is 12.5. The van der Waals surface area contributed by atoms with Crippen LogP contribution in [0.3, 0.4) is 0 Å². The number of nitrogens with zero attached hydrogens (tertiary/aromatic N) is 4. The van der Waals surface area contributed by atoms with Crippen LogP contribution in [0.15, 0.2) is 36.8 Å². The summed E-state index contributed by atoms with van der Waals surface area (Å²) in [6.45, 7) is 4.94. The van der Waals surface area contributed by atoms with Crippen molar-refractivity contribution in [3.63, 3.8) is 0 Å². The normalized spacial score (nSPS) is 24.5. The number of benzene rings is 1. The van der Waals surface area contributed by atoms with Gasteiger partial charge in [-0.1, -0.05) is 13.0 Å². The van der Waals surface area contributed by atoms with E-state index in [1.807, 2.05) is 31.2 Å². The Labute approximate surface area is 198 Å². The van der Waals surface area contributed by atoms with E-state index in [0.717, 1.165) is 11.4 Å². The third-order valence-electron chi connectivity index (χ3n) is 7.08. The smallest absolute Gasteiger partial charge is 0.253 e. The zero-order chi connectivity index (χ0) is 24.5. The van der Waals surface area contributed by atoms with Crippen LogP contribution in [-0.2, 0) is 4.79 Å². The molecule has 0 radical (unpaired) electrons. The van der Waals surface area contributed by atoms with Crippen molar-refractivity contribution in [1.82, 2.24) is 14.9 Å². The first-order chi connectivity index (χ1) is 16.3. The van der Waals surface area contributed by atoms with E-state index in [-0.39, 0.29) is 18.6 Å². The van der Waals surface area contributed by atoms with Crippen molar-refractivity contribution in [2.45, 2.75) is 38.1 Å². The summed E-state index contributed by atoms with van der Waals surface area (Å²) in [4.78, 5) is 24.4. The standard InChI is InChI=1S/C24H32N4O6/c1-15(30)24(2)13-28(23(32)19(31)12-29)11-18(24)16-4-5-20(33-3)21(8-16)34-17-9-27(10-17)22-6-7-25-14-26-22/h4-8,14-15,17-19,29-31H,9-13H2,1-3H3/t15?,18-,19?,24-/m0/s1. The van der Waals surface area contributed by atoms with Crippen molar-refractivity contribution < 1.29 is 29.6 Å². The Morgan fingerprint density at radius 1 is 1.24 bits per heavy atom. The van der Waals surface area contributed by atoms with Gasteiger partial charge in [-0.3, -0.25) is 4.79 Å². The average Bonchev–Trinajstić information content (AvgIpc) is 3.19. The predicted molar refractivity (Wildman–Crippen MR) is 124 cm³/mol. The highest BCUT2D eigenvalue weighted by Gasteiger charge is 2.49. The van der Waals surface area contributed by atoms with Gasteiger partial charge in [0.15, 0.2) is 17.6 Å². The minimum atomic E-state index is -1.47. The molecule has 3 heterocycles. The number of methoxy groups -OCH3 is 1. The fourth-order valence-corrected chi connectivity index (χ4v) is 4.73. The molecule has 2 unspecified atom stereocenters. The largest absolute Gasteiger partial charge is 0.493 e. The summed E-state index contributed by atoms with van der Waals surface area (Å²) < 4.78 is 11.8. The summed E-state index contributed by atoms with van der Waals surface area (Å²) in [6.07, 6.45) is 1.01. The maximum atomic E-state index is 12.5. The van der Waals surface area contributed by atoms with Crippen molar-refractivity contribution in [2.24, 2.45) is 5.41 Å². The van der Waals surface area contributed by atoms with Gasteiger partial charge in [-0.2, -0.15) is 0 Å². The summed E-state index contributed by atoms with van der Waals surface area (Å²) in [7, 11) is 1.59. The molecule has 0 bridgehead atoms. The molecule has 1 aromatic heterocycles. The molecule has 10 heteroatoms. The van der Waals surface area contributed by atoms with Crippen LogP contribution in [0.5, 0.6) is 11.5 Å². The Morgan fingerprint density at radius 2 is 2.00 bits per heavy atom. The van der Waals surface area contributed by atoms with E-state index in [9.17, 15) is 20.1 Å². The minimum Gasteiger partial charge on any atom is -0.493 e. The lowest BCUT2D eigenvalue weighted by atomic mass is 9.72. The molecular weight excluding hydrogens is 440 g/mol. The molecule has 2 aliphatic heterocycles. The van der Waals surface area contributed by atoms with E-state index in [4.69, 9.17) is 9.47 Å². The Balaban J connectivity index is 1.53. The lowest BCUT2D eigenvalue weighted by Crippen LogP contribution is -2.54. The van der Waals surface area contributed by atoms with Crippen molar-refractivity contribution in [3.8, 4) is 11.5 Å². The second-order valence-electron chi connectivity index (χ2n) is 9.27. The van der Waals surface area contributed by atoms with Crippen LogP contribution in [0, 0.1) is 5.41 Å². The van der Waals surface area contributed by atoms with E-state index >= 15 is 0 Å². The van der Waals surface area contributed by atoms with E-state index in [1.54, 1.807) is 20.2 Å². The van der Waals surface area contributed by atoms with Crippen molar-refractivity contribution in [3.05, 3.63) is 42.4 Å². The summed E-state index contributed by atoms with van der Waals surface area (Å²) in [5.74, 6) is 1.31. The Kier molecular flexibility index (Phi) is 6.92. The van der Waals surface area contributed by atoms with Gasteiger partial charge in [0.05, 0.1) is 32.9 Å². The van der Waals surface area contributed by atoms with Crippen LogP contribution in [0.2, 0.25) is 0 Å². The van der Waals surface area contributed by atoms with Gasteiger partial charge >= 0.3 is 0 Å². The van der Waals surface area contributed by atoms with Crippen molar-refractivity contribution >= 4 is 11.7 Å². The molecular formula is C24H32N4O6. The molecule has 184 valence electrons. The van der Waals surface area contributed by atoms with Gasteiger partial charge in [0.1, 0.15) is 18.2 Å². The van der Waals surface area contributed by atoms with E-state index in [1.165, 1.54) is 11.2 Å². The second kappa shape index (κ2) is 9.73. The topological polar surface area (TPSA) is 128 Å². The SMILES string of the molecule is COc1ccc([C@@H]2CN(C(=O)C(O)CO)C[C@@]2(C)C(C)O)cc1OC1CN(c2ccncn2)C1. The first kappa shape index (κ1) is 24.2. The number of anilines is 1. The quantitative estimate of drug-likeness (QED) is 0.501. The number of aliphatic hydroxyl groups is 3. The summed E-state index contributed by atoms with van der Waals surface area (Å²) in [6, 6.07) is 7.52. The zero-order valence-corrected chi connectivity index (χ0v) is 19.7. The van der Waals surface area contributed by atoms with Gasteiger partial charge in [0.2, 0.25) is 0 Å². The number of likely N-dealkylation sites (tertiary alicyclic amines) is 1. The molecule has 34 heavy (non-hydrogen) atoms. The third kappa shape index (κ3) is 4.53. The molecule has 10 nitrogen and oxygen atoms in total. The fourth-order valence-electron chi connectivity index (χ4n) is 4.73. The summed E-state index contributed by atoms with van der Waals surface area (Å²) in [5.41, 5.74) is 0.261. The Hall–Kier alpha value is -2.95. The third-order valence-corrected chi connectivity index (χ3v) is 7.08. The van der Waals surface area contributed by atoms with Gasteiger partial charge in [0, 0.05) is 30.6 Å². The van der Waals surface area contributed by atoms with Gasteiger partial charge in [-0.05, 0) is 30.7 Å². The van der Waals surface area contributed by atoms with Crippen molar-refractivity contribution in [2.75, 3.05) is 44.8 Å². The van der Waals surface area contributed by atoms with Crippen molar-refractivity contribution in [1.29, 1.82) is 0 Å². The minimum absolute atomic E-state index is 0.0383. The number of aliphatic hydroxyl groups excluding tert-OH is 3. The predicted octanol–water partition coefficient (Wildman–Crippen LogP) is 0.419. The number of hydrogen-bond donors (Lipinski definition) is 3. The number of rotatable bonds is 8. The highest BCUT2D eigenvalue weighted by molar-refractivity contribution is 5.81. The molecule has 2 aromatic rings. The first-order valence-electron chi connectivity index (χ1n) is 11.4. The molecule has 0 saturated carbocycles. The van der Waals surface area contributed by atoms with Gasteiger partial charge in [0.25, 0.3) is 5.91 Å². The van der Waals surface area contributed by atoms with Gasteiger partial charge in [-0.15, -0.1) is 0 Å². The number of carbonyl (C=O) groups is 1. The van der Waals surface area contributed by atoms with E-state index in [2.05, 4.69) is 14.9 Å². The number of ether oxygens (including phenoxy) is 2. The lowest BCUT2D eigenvalue weighted by Gasteiger charge is -2.40. The van der Waals surface area contributed by atoms with Gasteiger partial charge < -0.3 is 34.6 Å². The highest BCUT2D eigenvalue weighted by atomic mass is 16.5. The molecule has 0 spiro atoms. The molecule has 1 aromatic carbocycles. The number of hydrogen-bond acceptors (Lipinski definition) is 9. The monoisotopic (exact) mass is 472 g/mol. The van der Waals surface area contributed by atoms with Crippen LogP contribution in [0.25, 0.3) is 0 Å². The Morgan fingerprint density at radius 3 is 2.62 bits per heavy atom. The molecule has 0 aliphatic carbocycles. The first-order valence-corrected chi connectivity index (χ1v) is 11.4. The molecule has 4 rings (SSSR count). The van der Waals surface area contributed by atoms with E-state index in [0.29, 0.717) is 31.1 Å². The molecule has 4 atom stereocenters. The summed E-state index contributed by atoms with van der Waals surface area (Å²) in [5, 5.41) is 29.7. The van der Waals surface area contributed by atoms with Gasteiger partial charge in [-0.25, -0.2) is 9.97 Å². The van der Waals surface area contributed by atoms with Crippen LogP contribution in [-0.4, -0.2) is 94.3 Å². The van der Waals surface area contributed by atoms with E-state index < -0.39 is 30.1 Å². The fraction of sp³-hybridized carbons (Fsp3) is 0.542. The maximum Gasteiger partial charge on any atom is 0.253 e. The van der Waals surface area contributed by atoms with Crippen LogP contribution in [0.1, 0.15) is 25.3 Å². The van der Waals surface area contributed by atoms with Crippen LogP contribution >= 0.6 is 0 Å². The molecule has 1 amide bonds. The zero-order valence-electron chi connectivity index (χ0n) is 19.7. The van der Waals surface area contributed by atoms with Crippen LogP contribution in [0.4, 0.5) is 5.82 Å². The molecule has 2 fully saturated rings. The molecule has 3 N–H and O–H groups in total. The number of carbonyl (C=O) groups excluding carboxylic acids is 1. The Bertz CT molecular complexity index is 1000. The second-order valence-corrected chi connectivity index (χ2v) is 9.27. The molecule has 2 aliphatic rings. The number of aromatic nitrogens is 2. The highest BCUT2D eigenvalue weighted by Crippen LogP contribution is 2.47.